The van der Waals surface area contributed by atoms with Gasteiger partial charge in [0.15, 0.2) is 0 Å². The fraction of sp³-hybridized carbons (Fsp3) is 0.259. The zero-order valence-electron chi connectivity index (χ0n) is 18.6. The number of anilines is 1. The lowest BCUT2D eigenvalue weighted by atomic mass is 10.0. The fourth-order valence-electron chi connectivity index (χ4n) is 4.44. The average molecular weight is 440 g/mol. The quantitative estimate of drug-likeness (QED) is 0.403. The number of pyridine rings is 1. The molecule has 6 heteroatoms. The number of para-hydroxylation sites is 1. The van der Waals surface area contributed by atoms with Gasteiger partial charge < -0.3 is 20.5 Å². The van der Waals surface area contributed by atoms with Crippen LogP contribution in [0.5, 0.6) is 0 Å². The lowest BCUT2D eigenvalue weighted by Gasteiger charge is -2.34. The first-order valence-electron chi connectivity index (χ1n) is 11.6. The Balaban J connectivity index is 1.09. The molecule has 0 unspecified atom stereocenters. The van der Waals surface area contributed by atoms with Crippen LogP contribution >= 0.6 is 0 Å². The van der Waals surface area contributed by atoms with Crippen molar-refractivity contribution in [1.82, 2.24) is 20.6 Å². The molecule has 1 aliphatic rings. The summed E-state index contributed by atoms with van der Waals surface area (Å²) in [6.07, 6.45) is 5.70. The van der Waals surface area contributed by atoms with Crippen LogP contribution in [-0.4, -0.2) is 35.0 Å². The van der Waals surface area contributed by atoms with Crippen molar-refractivity contribution >= 4 is 22.5 Å². The van der Waals surface area contributed by atoms with Gasteiger partial charge in [0.2, 0.25) is 0 Å². The Morgan fingerprint density at radius 2 is 1.82 bits per heavy atom. The number of carbonyl (C=O) groups is 1. The van der Waals surface area contributed by atoms with Crippen molar-refractivity contribution in [2.75, 3.05) is 18.0 Å². The highest BCUT2D eigenvalue weighted by Crippen LogP contribution is 2.21. The molecule has 0 atom stereocenters. The predicted molar refractivity (Wildman–Crippen MR) is 132 cm³/mol. The molecule has 0 spiro atoms. The largest absolute Gasteiger partial charge is 0.371 e. The molecule has 168 valence electrons. The summed E-state index contributed by atoms with van der Waals surface area (Å²) in [6.45, 7) is 3.36. The van der Waals surface area contributed by atoms with Gasteiger partial charge in [0.1, 0.15) is 0 Å². The molecule has 2 aromatic heterocycles. The first-order valence-corrected chi connectivity index (χ1v) is 11.6. The number of fused-ring (bicyclic) bond motifs is 1. The number of hydrogen-bond acceptors (Lipinski definition) is 4. The number of aromatic nitrogens is 2. The van der Waals surface area contributed by atoms with Crippen molar-refractivity contribution in [3.05, 3.63) is 95.9 Å². The van der Waals surface area contributed by atoms with Gasteiger partial charge in [0, 0.05) is 67.1 Å². The third kappa shape index (κ3) is 5.23. The van der Waals surface area contributed by atoms with Gasteiger partial charge >= 0.3 is 0 Å². The summed E-state index contributed by atoms with van der Waals surface area (Å²) in [7, 11) is 0. The zero-order chi connectivity index (χ0) is 22.5. The van der Waals surface area contributed by atoms with E-state index in [1.165, 1.54) is 22.3 Å². The number of carbonyl (C=O) groups excluding carboxylic acids is 1. The van der Waals surface area contributed by atoms with Crippen molar-refractivity contribution in [1.29, 1.82) is 0 Å². The third-order valence-electron chi connectivity index (χ3n) is 6.33. The summed E-state index contributed by atoms with van der Waals surface area (Å²) in [4.78, 5) is 22.4. The van der Waals surface area contributed by atoms with Crippen molar-refractivity contribution in [2.45, 2.75) is 32.0 Å². The topological polar surface area (TPSA) is 73.1 Å². The molecule has 6 nitrogen and oxygen atoms in total. The molecular formula is C27H29N5O. The van der Waals surface area contributed by atoms with Crippen LogP contribution in [0.15, 0.2) is 79.1 Å². The number of H-pyrrole nitrogens is 1. The molecule has 0 aliphatic carbocycles. The summed E-state index contributed by atoms with van der Waals surface area (Å²) in [5.74, 6) is -0.0645. The minimum absolute atomic E-state index is 0.0645. The number of hydrogen-bond donors (Lipinski definition) is 3. The summed E-state index contributed by atoms with van der Waals surface area (Å²) in [5.41, 5.74) is 5.27. The van der Waals surface area contributed by atoms with E-state index in [-0.39, 0.29) is 5.91 Å². The highest BCUT2D eigenvalue weighted by molar-refractivity contribution is 5.94. The molecule has 2 aromatic carbocycles. The lowest BCUT2D eigenvalue weighted by Crippen LogP contribution is -2.42. The summed E-state index contributed by atoms with van der Waals surface area (Å²) >= 11 is 0. The fourth-order valence-corrected chi connectivity index (χ4v) is 4.44. The molecule has 0 bridgehead atoms. The van der Waals surface area contributed by atoms with Gasteiger partial charge in [-0.05, 0) is 66.3 Å². The van der Waals surface area contributed by atoms with E-state index in [4.69, 9.17) is 0 Å². The van der Waals surface area contributed by atoms with E-state index in [0.717, 1.165) is 38.0 Å². The van der Waals surface area contributed by atoms with E-state index >= 15 is 0 Å². The van der Waals surface area contributed by atoms with Gasteiger partial charge in [-0.2, -0.15) is 0 Å². The number of piperidine rings is 1. The van der Waals surface area contributed by atoms with Crippen molar-refractivity contribution in [2.24, 2.45) is 0 Å². The van der Waals surface area contributed by atoms with Gasteiger partial charge in [0.25, 0.3) is 5.91 Å². The Morgan fingerprint density at radius 3 is 2.58 bits per heavy atom. The summed E-state index contributed by atoms with van der Waals surface area (Å²) in [6, 6.07) is 22.9. The number of aromatic amines is 1. The minimum Gasteiger partial charge on any atom is -0.371 e. The van der Waals surface area contributed by atoms with Crippen LogP contribution in [0.25, 0.3) is 10.9 Å². The maximum absolute atomic E-state index is 12.4. The highest BCUT2D eigenvalue weighted by Gasteiger charge is 2.19. The average Bonchev–Trinajstić information content (AvgIpc) is 3.30. The van der Waals surface area contributed by atoms with Crippen LogP contribution in [0, 0.1) is 0 Å². The SMILES string of the molecule is O=C(NCc1cccnc1)c1ccc(N2CCC(NCc3cc4ccccc4[nH]3)CC2)cc1. The number of rotatable bonds is 7. The summed E-state index contributed by atoms with van der Waals surface area (Å²) in [5, 5.41) is 7.92. The van der Waals surface area contributed by atoms with Crippen LogP contribution in [0.1, 0.15) is 34.5 Å². The Bertz CT molecular complexity index is 1160. The first kappa shape index (κ1) is 21.2. The molecule has 0 saturated carbocycles. The second-order valence-corrected chi connectivity index (χ2v) is 8.61. The molecule has 33 heavy (non-hydrogen) atoms. The second kappa shape index (κ2) is 9.88. The van der Waals surface area contributed by atoms with Crippen LogP contribution in [0.4, 0.5) is 5.69 Å². The molecule has 3 N–H and O–H groups in total. The Kier molecular flexibility index (Phi) is 6.35. The monoisotopic (exact) mass is 439 g/mol. The van der Waals surface area contributed by atoms with E-state index in [2.05, 4.69) is 68.0 Å². The van der Waals surface area contributed by atoms with Gasteiger partial charge in [0.05, 0.1) is 0 Å². The highest BCUT2D eigenvalue weighted by atomic mass is 16.1. The van der Waals surface area contributed by atoms with E-state index < -0.39 is 0 Å². The van der Waals surface area contributed by atoms with Crippen LogP contribution < -0.4 is 15.5 Å². The summed E-state index contributed by atoms with van der Waals surface area (Å²) < 4.78 is 0. The molecule has 1 fully saturated rings. The van der Waals surface area contributed by atoms with E-state index in [1.54, 1.807) is 12.4 Å². The van der Waals surface area contributed by atoms with Crippen molar-refractivity contribution in [3.63, 3.8) is 0 Å². The number of nitrogens with one attached hydrogen (secondary N) is 3. The molecule has 1 aliphatic heterocycles. The maximum atomic E-state index is 12.4. The number of nitrogens with zero attached hydrogens (tertiary/aromatic N) is 2. The van der Waals surface area contributed by atoms with Gasteiger partial charge in [-0.25, -0.2) is 0 Å². The molecule has 4 aromatic rings. The number of amides is 1. The van der Waals surface area contributed by atoms with Gasteiger partial charge in [-0.15, -0.1) is 0 Å². The van der Waals surface area contributed by atoms with Gasteiger partial charge in [-0.1, -0.05) is 24.3 Å². The Morgan fingerprint density at radius 1 is 1.00 bits per heavy atom. The van der Waals surface area contributed by atoms with Crippen molar-refractivity contribution < 1.29 is 4.79 Å². The molecule has 5 rings (SSSR count). The maximum Gasteiger partial charge on any atom is 0.251 e. The predicted octanol–water partition coefficient (Wildman–Crippen LogP) is 4.25. The standard InChI is InChI=1S/C27H29N5O/c33-27(30-18-20-4-3-13-28-17-20)21-7-9-25(10-8-21)32-14-11-23(12-15-32)29-19-24-16-22-5-1-2-6-26(22)31-24/h1-10,13,16-17,23,29,31H,11-12,14-15,18-19H2,(H,30,33). The lowest BCUT2D eigenvalue weighted by molar-refractivity contribution is 0.0951. The molecule has 1 amide bonds. The normalized spacial score (nSPS) is 14.5. The Labute approximate surface area is 194 Å². The van der Waals surface area contributed by atoms with Gasteiger partial charge in [-0.3, -0.25) is 9.78 Å². The van der Waals surface area contributed by atoms with Crippen LogP contribution in [-0.2, 0) is 13.1 Å². The molecular weight excluding hydrogens is 410 g/mol. The van der Waals surface area contributed by atoms with E-state index in [1.807, 2.05) is 24.3 Å². The van der Waals surface area contributed by atoms with Crippen LogP contribution in [0.2, 0.25) is 0 Å². The minimum atomic E-state index is -0.0645. The molecule has 0 radical (unpaired) electrons. The van der Waals surface area contributed by atoms with E-state index in [9.17, 15) is 4.79 Å². The molecule has 1 saturated heterocycles. The first-order chi connectivity index (χ1) is 16.2. The van der Waals surface area contributed by atoms with E-state index in [0.29, 0.717) is 18.2 Å². The third-order valence-corrected chi connectivity index (χ3v) is 6.33. The van der Waals surface area contributed by atoms with Crippen molar-refractivity contribution in [3.8, 4) is 0 Å². The smallest absolute Gasteiger partial charge is 0.251 e. The second-order valence-electron chi connectivity index (χ2n) is 8.61. The van der Waals surface area contributed by atoms with Crippen LogP contribution in [0.3, 0.4) is 0 Å². The zero-order valence-corrected chi connectivity index (χ0v) is 18.6. The number of benzene rings is 2. The molecule has 3 heterocycles. The Hall–Kier alpha value is -3.64.